The Kier molecular flexibility index (Phi) is 6.48. The largest absolute Gasteiger partial charge is 0.134 e. The van der Waals surface area contributed by atoms with Gasteiger partial charge in [0.2, 0.25) is 0 Å². The van der Waals surface area contributed by atoms with Crippen molar-refractivity contribution in [2.45, 2.75) is 0 Å². The second kappa shape index (κ2) is 11.6. The van der Waals surface area contributed by atoms with Crippen molar-refractivity contribution < 1.29 is 0 Å². The van der Waals surface area contributed by atoms with Gasteiger partial charge in [0, 0.05) is 45.9 Å². The van der Waals surface area contributed by atoms with Gasteiger partial charge in [-0.3, -0.25) is 0 Å². The molecule has 0 unspecified atom stereocenters. The Labute approximate surface area is 319 Å². The molecule has 0 aliphatic heterocycles. The first-order valence-electron chi connectivity index (χ1n) is 18.5. The molecule has 0 atom stereocenters. The van der Waals surface area contributed by atoms with Crippen LogP contribution in [0, 0.1) is 0 Å². The molecule has 0 bridgehead atoms. The Morgan fingerprint density at radius 3 is 1.43 bits per heavy atom. The molecule has 2 heterocycles. The molecule has 0 radical (unpaired) electrons. The van der Waals surface area contributed by atoms with Crippen LogP contribution >= 0.6 is 22.7 Å². The molecule has 0 aliphatic carbocycles. The highest BCUT2D eigenvalue weighted by Crippen LogP contribution is 2.50. The van der Waals surface area contributed by atoms with Crippen molar-refractivity contribution in [3.8, 4) is 33.4 Å². The molecule has 250 valence electrons. The van der Waals surface area contributed by atoms with Gasteiger partial charge in [0.05, 0.1) is 0 Å². The van der Waals surface area contributed by atoms with Crippen LogP contribution in [0.25, 0.3) is 117 Å². The second-order valence-electron chi connectivity index (χ2n) is 14.4. The Balaban J connectivity index is 1.10. The summed E-state index contributed by atoms with van der Waals surface area (Å²) >= 11 is 3.88. The van der Waals surface area contributed by atoms with Crippen molar-refractivity contribution in [2.24, 2.45) is 0 Å². The zero-order valence-corrected chi connectivity index (χ0v) is 30.8. The van der Waals surface area contributed by atoms with E-state index in [1.807, 2.05) is 22.7 Å². The summed E-state index contributed by atoms with van der Waals surface area (Å²) in [5.41, 5.74) is 7.71. The fourth-order valence-corrected chi connectivity index (χ4v) is 11.7. The Hall–Kier alpha value is -6.32. The molecular formula is C52H30S2. The van der Waals surface area contributed by atoms with Crippen molar-refractivity contribution in [2.75, 3.05) is 0 Å². The molecule has 12 aromatic rings. The van der Waals surface area contributed by atoms with E-state index in [0.717, 1.165) is 0 Å². The van der Waals surface area contributed by atoms with Crippen LogP contribution in [0.3, 0.4) is 0 Å². The highest BCUT2D eigenvalue weighted by Gasteiger charge is 2.21. The Bertz CT molecular complexity index is 3430. The molecule has 2 aromatic heterocycles. The van der Waals surface area contributed by atoms with Crippen molar-refractivity contribution in [1.82, 2.24) is 0 Å². The minimum Gasteiger partial charge on any atom is -0.134 e. The fraction of sp³-hybridized carbons (Fsp3) is 0. The van der Waals surface area contributed by atoms with Crippen LogP contribution in [-0.2, 0) is 0 Å². The summed E-state index contributed by atoms with van der Waals surface area (Å²) in [6.45, 7) is 0. The van der Waals surface area contributed by atoms with Gasteiger partial charge in [0.25, 0.3) is 0 Å². The first kappa shape index (κ1) is 30.2. The van der Waals surface area contributed by atoms with Crippen LogP contribution in [0.4, 0.5) is 0 Å². The third kappa shape index (κ3) is 4.36. The monoisotopic (exact) mass is 718 g/mol. The van der Waals surface area contributed by atoms with E-state index in [4.69, 9.17) is 0 Å². The molecule has 0 N–H and O–H groups in total. The zero-order chi connectivity index (χ0) is 35.3. The molecule has 0 saturated carbocycles. The van der Waals surface area contributed by atoms with E-state index in [1.54, 1.807) is 0 Å². The maximum atomic E-state index is 2.46. The molecular weight excluding hydrogens is 689 g/mol. The molecule has 0 fully saturated rings. The van der Waals surface area contributed by atoms with Crippen LogP contribution in [0.2, 0.25) is 0 Å². The van der Waals surface area contributed by atoms with Gasteiger partial charge < -0.3 is 0 Å². The van der Waals surface area contributed by atoms with E-state index < -0.39 is 0 Å². The second-order valence-corrected chi connectivity index (χ2v) is 16.4. The van der Waals surface area contributed by atoms with Gasteiger partial charge in [-0.2, -0.15) is 0 Å². The minimum atomic E-state index is 1.24. The average molecular weight is 719 g/mol. The van der Waals surface area contributed by atoms with E-state index in [-0.39, 0.29) is 0 Å². The van der Waals surface area contributed by atoms with Crippen LogP contribution < -0.4 is 0 Å². The number of hydrogen-bond donors (Lipinski definition) is 0. The average Bonchev–Trinajstić information content (AvgIpc) is 3.80. The molecule has 0 spiro atoms. The quantitative estimate of drug-likeness (QED) is 0.160. The smallest absolute Gasteiger partial charge is 0.0448 e. The van der Waals surface area contributed by atoms with E-state index in [2.05, 4.69) is 182 Å². The topological polar surface area (TPSA) is 0 Å². The van der Waals surface area contributed by atoms with Crippen molar-refractivity contribution in [3.63, 3.8) is 0 Å². The lowest BCUT2D eigenvalue weighted by Crippen LogP contribution is -1.91. The number of rotatable bonds is 3. The van der Waals surface area contributed by atoms with E-state index in [0.29, 0.717) is 0 Å². The third-order valence-electron chi connectivity index (χ3n) is 11.4. The minimum absolute atomic E-state index is 1.24. The first-order chi connectivity index (χ1) is 26.8. The van der Waals surface area contributed by atoms with Crippen LogP contribution in [-0.4, -0.2) is 0 Å². The van der Waals surface area contributed by atoms with Gasteiger partial charge in [-0.25, -0.2) is 0 Å². The number of benzene rings is 10. The predicted octanol–water partition coefficient (Wildman–Crippen LogP) is 16.0. The molecule has 0 aliphatic rings. The van der Waals surface area contributed by atoms with Crippen molar-refractivity contribution in [3.05, 3.63) is 182 Å². The summed E-state index contributed by atoms with van der Waals surface area (Å²) in [6.07, 6.45) is 0. The van der Waals surface area contributed by atoms with Gasteiger partial charge in [0.15, 0.2) is 0 Å². The Morgan fingerprint density at radius 2 is 0.741 bits per heavy atom. The maximum absolute atomic E-state index is 2.46. The molecule has 10 aromatic carbocycles. The molecule has 0 amide bonds. The lowest BCUT2D eigenvalue weighted by molar-refractivity contribution is 1.66. The summed E-state index contributed by atoms with van der Waals surface area (Å²) in [5.74, 6) is 0. The fourth-order valence-electron chi connectivity index (χ4n) is 8.99. The SMILES string of the molecule is c1ccc(-c2c3ccccc3c(-c3ccc4cc(-c5c6sc7ccccc7c6cc6c5sc5c7ccccc7ccc65)ccc4c3)c3ccccc23)cc1. The lowest BCUT2D eigenvalue weighted by atomic mass is 9.85. The van der Waals surface area contributed by atoms with Gasteiger partial charge in [-0.1, -0.05) is 158 Å². The number of thiophene rings is 2. The Morgan fingerprint density at radius 1 is 0.241 bits per heavy atom. The molecule has 54 heavy (non-hydrogen) atoms. The summed E-state index contributed by atoms with van der Waals surface area (Å²) in [4.78, 5) is 0. The summed E-state index contributed by atoms with van der Waals surface area (Å²) < 4.78 is 5.44. The number of hydrogen-bond acceptors (Lipinski definition) is 2. The van der Waals surface area contributed by atoms with E-state index in [1.165, 1.54) is 117 Å². The normalized spacial score (nSPS) is 12.1. The van der Waals surface area contributed by atoms with Crippen molar-refractivity contribution in [1.29, 1.82) is 0 Å². The number of fused-ring (bicyclic) bond motifs is 11. The lowest BCUT2D eigenvalue weighted by Gasteiger charge is -2.18. The highest BCUT2D eigenvalue weighted by molar-refractivity contribution is 7.29. The first-order valence-corrected chi connectivity index (χ1v) is 20.1. The predicted molar refractivity (Wildman–Crippen MR) is 239 cm³/mol. The van der Waals surface area contributed by atoms with Gasteiger partial charge in [-0.05, 0) is 95.2 Å². The standard InChI is InChI=1S/C52H30S2/c1-2-13-32(14-3-1)47-39-17-6-8-19-41(39)48(42-20-9-7-18-40(42)47)35-24-22-34-29-36(25-23-33(34)28-35)49-51-44(38-16-10-11-21-46(38)53-51)30-45-43-27-26-31-12-4-5-15-37(31)50(43)54-52(45)49/h1-30H. The van der Waals surface area contributed by atoms with Crippen LogP contribution in [0.5, 0.6) is 0 Å². The maximum Gasteiger partial charge on any atom is 0.0448 e. The summed E-state index contributed by atoms with van der Waals surface area (Å²) in [5, 5.41) is 15.6. The summed E-state index contributed by atoms with van der Waals surface area (Å²) in [7, 11) is 0. The third-order valence-corrected chi connectivity index (χ3v) is 13.9. The van der Waals surface area contributed by atoms with E-state index >= 15 is 0 Å². The highest BCUT2D eigenvalue weighted by atomic mass is 32.1. The van der Waals surface area contributed by atoms with Gasteiger partial charge >= 0.3 is 0 Å². The van der Waals surface area contributed by atoms with E-state index in [9.17, 15) is 0 Å². The molecule has 0 nitrogen and oxygen atoms in total. The van der Waals surface area contributed by atoms with Crippen LogP contribution in [0.15, 0.2) is 182 Å². The zero-order valence-electron chi connectivity index (χ0n) is 29.1. The summed E-state index contributed by atoms with van der Waals surface area (Å²) in [6, 6.07) is 67.7. The molecule has 0 saturated heterocycles. The molecule has 2 heteroatoms. The van der Waals surface area contributed by atoms with Gasteiger partial charge in [0.1, 0.15) is 0 Å². The molecule has 12 rings (SSSR count). The van der Waals surface area contributed by atoms with Crippen molar-refractivity contribution >= 4 is 106 Å². The van der Waals surface area contributed by atoms with Gasteiger partial charge in [-0.15, -0.1) is 22.7 Å². The van der Waals surface area contributed by atoms with Crippen LogP contribution in [0.1, 0.15) is 0 Å².